The Morgan fingerprint density at radius 3 is 3.27 bits per heavy atom. The van der Waals surface area contributed by atoms with Crippen molar-refractivity contribution in [3.05, 3.63) is 24.7 Å². The largest absolute Gasteiger partial charge is 0.444 e. The van der Waals surface area contributed by atoms with E-state index in [1.165, 1.54) is 4.90 Å². The van der Waals surface area contributed by atoms with Gasteiger partial charge in [0.15, 0.2) is 5.82 Å². The quantitative estimate of drug-likeness (QED) is 0.715. The average Bonchev–Trinajstić information content (AvgIpc) is 3.30. The van der Waals surface area contributed by atoms with Crippen molar-refractivity contribution in [1.82, 2.24) is 25.1 Å². The minimum Gasteiger partial charge on any atom is -0.444 e. The summed E-state index contributed by atoms with van der Waals surface area (Å²) in [4.78, 5) is 22.8. The van der Waals surface area contributed by atoms with Crippen LogP contribution >= 0.6 is 0 Å². The first-order valence-electron chi connectivity index (χ1n) is 8.28. The summed E-state index contributed by atoms with van der Waals surface area (Å²) >= 11 is 0. The molecule has 0 saturated carbocycles. The molecule has 3 aromatic rings. The fraction of sp³-hybridized carbons (Fsp3) is 0.353. The summed E-state index contributed by atoms with van der Waals surface area (Å²) in [6.45, 7) is 1.25. The molecule has 26 heavy (non-hydrogen) atoms. The maximum Gasteiger partial charge on any atom is 0.410 e. The lowest BCUT2D eigenvalue weighted by Crippen LogP contribution is -2.33. The van der Waals surface area contributed by atoms with E-state index in [9.17, 15) is 4.79 Å². The van der Waals surface area contributed by atoms with Crippen LogP contribution in [-0.2, 0) is 4.74 Å². The second-order valence-corrected chi connectivity index (χ2v) is 6.25. The topological polar surface area (TPSA) is 111 Å². The minimum absolute atomic E-state index is 0.00252. The van der Waals surface area contributed by atoms with Gasteiger partial charge in [-0.05, 0) is 6.07 Å². The van der Waals surface area contributed by atoms with Crippen molar-refractivity contribution in [2.75, 3.05) is 31.6 Å². The molecule has 1 atom stereocenters. The van der Waals surface area contributed by atoms with Gasteiger partial charge >= 0.3 is 6.09 Å². The molecule has 4 rings (SSSR count). The molecule has 3 aromatic heterocycles. The summed E-state index contributed by atoms with van der Waals surface area (Å²) in [5.41, 5.74) is 0.798. The number of hydrogen-bond acceptors (Lipinski definition) is 7. The van der Waals surface area contributed by atoms with Gasteiger partial charge in [0.1, 0.15) is 18.3 Å². The highest BCUT2D eigenvalue weighted by Crippen LogP contribution is 2.31. The molecular weight excluding hydrogens is 334 g/mol. The van der Waals surface area contributed by atoms with Crippen LogP contribution in [0, 0.1) is 11.3 Å². The number of aromatic nitrogens is 4. The number of hydrogen-bond donors (Lipinski definition) is 1. The molecule has 0 bridgehead atoms. The van der Waals surface area contributed by atoms with E-state index in [4.69, 9.17) is 10.00 Å². The Bertz CT molecular complexity index is 1010. The Balaban J connectivity index is 1.59. The van der Waals surface area contributed by atoms with E-state index in [-0.39, 0.29) is 12.6 Å². The van der Waals surface area contributed by atoms with Crippen molar-refractivity contribution in [3.8, 4) is 6.07 Å². The van der Waals surface area contributed by atoms with Crippen LogP contribution in [0.2, 0.25) is 0 Å². The Morgan fingerprint density at radius 1 is 1.54 bits per heavy atom. The van der Waals surface area contributed by atoms with Crippen LogP contribution in [-0.4, -0.2) is 63.9 Å². The van der Waals surface area contributed by atoms with E-state index in [0.29, 0.717) is 19.5 Å². The fourth-order valence-corrected chi connectivity index (χ4v) is 3.21. The number of rotatable bonds is 3. The number of ether oxygens (including phenoxy) is 1. The third-order valence-corrected chi connectivity index (χ3v) is 4.52. The van der Waals surface area contributed by atoms with Gasteiger partial charge in [0.25, 0.3) is 0 Å². The molecule has 0 aromatic carbocycles. The third-order valence-electron chi connectivity index (χ3n) is 4.52. The third kappa shape index (κ3) is 2.75. The number of nitriles is 1. The molecule has 0 spiro atoms. The Morgan fingerprint density at radius 2 is 2.42 bits per heavy atom. The van der Waals surface area contributed by atoms with E-state index < -0.39 is 6.09 Å². The van der Waals surface area contributed by atoms with Crippen LogP contribution in [0.3, 0.4) is 0 Å². The molecule has 1 unspecified atom stereocenters. The van der Waals surface area contributed by atoms with Crippen molar-refractivity contribution in [2.24, 2.45) is 0 Å². The first-order chi connectivity index (χ1) is 12.7. The van der Waals surface area contributed by atoms with Crippen molar-refractivity contribution in [3.63, 3.8) is 0 Å². The summed E-state index contributed by atoms with van der Waals surface area (Å²) in [5.74, 6) is 0.762. The smallest absolute Gasteiger partial charge is 0.410 e. The number of carbonyl (C=O) groups is 1. The standard InChI is InChI=1S/C17H17N7O2/c1-23(7-4-18)17(25)26-12-3-6-24(10-12)16-14-11(9-21-22-16)8-20-15-13(14)2-5-19-15/h2,5,8-9,12H,3,6-7,10H2,1H3,(H,19,20). The normalized spacial score (nSPS) is 16.8. The van der Waals surface area contributed by atoms with Crippen molar-refractivity contribution >= 4 is 33.7 Å². The van der Waals surface area contributed by atoms with Gasteiger partial charge in [-0.3, -0.25) is 4.90 Å². The maximum atomic E-state index is 12.0. The zero-order valence-corrected chi connectivity index (χ0v) is 14.2. The lowest BCUT2D eigenvalue weighted by molar-refractivity contribution is 0.0810. The number of amides is 1. The number of nitrogens with zero attached hydrogens (tertiary/aromatic N) is 6. The Hall–Kier alpha value is -3.41. The summed E-state index contributed by atoms with van der Waals surface area (Å²) in [5, 5.41) is 20.0. The lowest BCUT2D eigenvalue weighted by atomic mass is 10.1. The van der Waals surface area contributed by atoms with Gasteiger partial charge in [0, 0.05) is 48.6 Å². The van der Waals surface area contributed by atoms with E-state index in [0.717, 1.165) is 27.6 Å². The molecule has 1 aliphatic heterocycles. The second-order valence-electron chi connectivity index (χ2n) is 6.25. The monoisotopic (exact) mass is 351 g/mol. The van der Waals surface area contributed by atoms with Crippen molar-refractivity contribution in [2.45, 2.75) is 12.5 Å². The SMILES string of the molecule is CN(CC#N)C(=O)OC1CCN(c2nncc3cnc4[nH]ccc4c23)C1. The van der Waals surface area contributed by atoms with Gasteiger partial charge in [-0.1, -0.05) is 0 Å². The summed E-state index contributed by atoms with van der Waals surface area (Å²) in [7, 11) is 1.55. The van der Waals surface area contributed by atoms with Crippen molar-refractivity contribution < 1.29 is 9.53 Å². The molecule has 1 amide bonds. The molecule has 1 N–H and O–H groups in total. The molecule has 9 heteroatoms. The Kier molecular flexibility index (Phi) is 4.01. The number of anilines is 1. The summed E-state index contributed by atoms with van der Waals surface area (Å²) in [6.07, 6.45) is 5.29. The number of H-pyrrole nitrogens is 1. The Labute approximate surface area is 149 Å². The van der Waals surface area contributed by atoms with Crippen LogP contribution in [0.4, 0.5) is 10.6 Å². The summed E-state index contributed by atoms with van der Waals surface area (Å²) < 4.78 is 5.49. The van der Waals surface area contributed by atoms with Gasteiger partial charge in [-0.15, -0.1) is 5.10 Å². The maximum absolute atomic E-state index is 12.0. The van der Waals surface area contributed by atoms with E-state index in [1.807, 2.05) is 18.3 Å². The predicted molar refractivity (Wildman–Crippen MR) is 94.5 cm³/mol. The molecule has 0 radical (unpaired) electrons. The average molecular weight is 351 g/mol. The molecule has 0 aliphatic carbocycles. The summed E-state index contributed by atoms with van der Waals surface area (Å²) in [6, 6.07) is 3.90. The zero-order valence-electron chi connectivity index (χ0n) is 14.2. The number of carbonyl (C=O) groups excluding carboxylic acids is 1. The van der Waals surface area contributed by atoms with Gasteiger partial charge in [0.2, 0.25) is 0 Å². The van der Waals surface area contributed by atoms with Crippen LogP contribution < -0.4 is 4.90 Å². The van der Waals surface area contributed by atoms with Gasteiger partial charge in [0.05, 0.1) is 18.8 Å². The van der Waals surface area contributed by atoms with Crippen molar-refractivity contribution in [1.29, 1.82) is 5.26 Å². The first kappa shape index (κ1) is 16.1. The molecule has 1 saturated heterocycles. The fourth-order valence-electron chi connectivity index (χ4n) is 3.21. The molecular formula is C17H17N7O2. The molecule has 132 valence electrons. The molecule has 1 aliphatic rings. The number of aromatic amines is 1. The predicted octanol–water partition coefficient (Wildman–Crippen LogP) is 1.68. The van der Waals surface area contributed by atoms with Crippen LogP contribution in [0.1, 0.15) is 6.42 Å². The highest BCUT2D eigenvalue weighted by molar-refractivity contribution is 6.09. The van der Waals surface area contributed by atoms with Crippen LogP contribution in [0.25, 0.3) is 21.8 Å². The number of fused-ring (bicyclic) bond motifs is 3. The highest BCUT2D eigenvalue weighted by atomic mass is 16.6. The highest BCUT2D eigenvalue weighted by Gasteiger charge is 2.29. The zero-order chi connectivity index (χ0) is 18.1. The van der Waals surface area contributed by atoms with E-state index >= 15 is 0 Å². The van der Waals surface area contributed by atoms with Crippen LogP contribution in [0.5, 0.6) is 0 Å². The number of nitrogens with one attached hydrogen (secondary N) is 1. The molecule has 9 nitrogen and oxygen atoms in total. The van der Waals surface area contributed by atoms with E-state index in [2.05, 4.69) is 25.1 Å². The number of pyridine rings is 1. The van der Waals surface area contributed by atoms with E-state index in [1.54, 1.807) is 19.4 Å². The van der Waals surface area contributed by atoms with Gasteiger partial charge in [-0.2, -0.15) is 10.4 Å². The van der Waals surface area contributed by atoms with Crippen LogP contribution in [0.15, 0.2) is 24.7 Å². The lowest BCUT2D eigenvalue weighted by Gasteiger charge is -2.20. The van der Waals surface area contributed by atoms with Gasteiger partial charge < -0.3 is 14.6 Å². The molecule has 1 fully saturated rings. The van der Waals surface area contributed by atoms with Gasteiger partial charge in [-0.25, -0.2) is 9.78 Å². The second kappa shape index (κ2) is 6.48. The molecule has 4 heterocycles. The first-order valence-corrected chi connectivity index (χ1v) is 8.28. The minimum atomic E-state index is -0.486.